The van der Waals surface area contributed by atoms with Crippen LogP contribution in [0.2, 0.25) is 0 Å². The first-order chi connectivity index (χ1) is 14.7. The zero-order chi connectivity index (χ0) is 20.5. The Bertz CT molecular complexity index is 1030. The van der Waals surface area contributed by atoms with E-state index in [-0.39, 0.29) is 5.60 Å². The Morgan fingerprint density at radius 3 is 1.33 bits per heavy atom. The molecule has 0 aromatic heterocycles. The van der Waals surface area contributed by atoms with Gasteiger partial charge in [0.05, 0.1) is 0 Å². The summed E-state index contributed by atoms with van der Waals surface area (Å²) in [6.45, 7) is -0.878. The fourth-order valence-corrected chi connectivity index (χ4v) is 11.6. The topological polar surface area (TPSA) is 9.23 Å². The third kappa shape index (κ3) is 2.70. The number of hydrogen-bond acceptors (Lipinski definition) is 1. The van der Waals surface area contributed by atoms with Gasteiger partial charge in [-0.3, -0.25) is 0 Å². The van der Waals surface area contributed by atoms with Gasteiger partial charge in [0.1, 0.15) is 0 Å². The van der Waals surface area contributed by atoms with Gasteiger partial charge in [-0.25, -0.2) is 0 Å². The molecule has 0 amide bonds. The van der Waals surface area contributed by atoms with Gasteiger partial charge in [-0.15, -0.1) is 0 Å². The Balaban J connectivity index is 1.86. The van der Waals surface area contributed by atoms with Gasteiger partial charge in [-0.1, -0.05) is 0 Å². The molecule has 30 heavy (non-hydrogen) atoms. The van der Waals surface area contributed by atoms with Gasteiger partial charge in [-0.05, 0) is 0 Å². The average Bonchev–Trinajstić information content (AvgIpc) is 3.19. The Labute approximate surface area is 179 Å². The molecule has 1 unspecified atom stereocenters. The number of hydrogen-bond donors (Lipinski definition) is 0. The van der Waals surface area contributed by atoms with Crippen molar-refractivity contribution in [2.75, 3.05) is 6.16 Å². The van der Waals surface area contributed by atoms with Gasteiger partial charge in [-0.2, -0.15) is 0 Å². The van der Waals surface area contributed by atoms with Gasteiger partial charge in [0.25, 0.3) is 0 Å². The quantitative estimate of drug-likeness (QED) is 0.388. The second-order valence-corrected chi connectivity index (χ2v) is 13.0. The number of rotatable bonds is 4. The molecule has 1 aliphatic heterocycles. The van der Waals surface area contributed by atoms with Gasteiger partial charge in [0.2, 0.25) is 0 Å². The van der Waals surface area contributed by atoms with Crippen LogP contribution in [0.3, 0.4) is 0 Å². The average molecular weight is 410 g/mol. The fraction of sp³-hybridized carbons (Fsp3) is 0.143. The van der Waals surface area contributed by atoms with Crippen molar-refractivity contribution >= 4 is 22.7 Å². The molecule has 0 saturated carbocycles. The van der Waals surface area contributed by atoms with E-state index in [1.54, 1.807) is 0 Å². The summed E-state index contributed by atoms with van der Waals surface area (Å²) >= 11 is 0. The van der Waals surface area contributed by atoms with Crippen molar-refractivity contribution in [1.82, 2.24) is 0 Å². The van der Waals surface area contributed by atoms with Crippen molar-refractivity contribution in [3.05, 3.63) is 127 Å². The molecule has 1 atom stereocenters. The van der Waals surface area contributed by atoms with E-state index in [1.165, 1.54) is 21.5 Å². The van der Waals surface area contributed by atoms with Crippen LogP contribution in [0.5, 0.6) is 0 Å². The van der Waals surface area contributed by atoms with Gasteiger partial charge < -0.3 is 0 Å². The van der Waals surface area contributed by atoms with E-state index < -0.39 is 6.83 Å². The minimum absolute atomic E-state index is 0.347. The van der Waals surface area contributed by atoms with Crippen molar-refractivity contribution in [3.63, 3.8) is 0 Å². The van der Waals surface area contributed by atoms with E-state index in [2.05, 4.69) is 128 Å². The molecule has 0 aliphatic carbocycles. The molecule has 4 aromatic rings. The minimum atomic E-state index is -3.15. The monoisotopic (exact) mass is 410 g/mol. The molecule has 1 nitrogen and oxygen atoms in total. The van der Waals surface area contributed by atoms with E-state index in [1.807, 2.05) is 0 Å². The molecule has 1 saturated heterocycles. The number of benzene rings is 4. The summed E-state index contributed by atoms with van der Waals surface area (Å²) in [5.41, 5.74) is 0.903. The second kappa shape index (κ2) is 7.20. The third-order valence-electron chi connectivity index (χ3n) is 6.71. The Morgan fingerprint density at radius 1 is 0.567 bits per heavy atom. The van der Waals surface area contributed by atoms with Crippen LogP contribution < -0.4 is 15.9 Å². The van der Waals surface area contributed by atoms with Crippen LogP contribution in [0.1, 0.15) is 18.9 Å². The SMILES string of the molecule is CC1(c2ccccc2)CCP(c2ccccc2)(c2ccccc2)(c2ccccc2)O1. The summed E-state index contributed by atoms with van der Waals surface area (Å²) in [5.74, 6) is 0. The summed E-state index contributed by atoms with van der Waals surface area (Å²) in [6, 6.07) is 43.5. The molecule has 1 fully saturated rings. The Morgan fingerprint density at radius 2 is 0.933 bits per heavy atom. The zero-order valence-corrected chi connectivity index (χ0v) is 18.2. The molecule has 150 valence electrons. The maximum absolute atomic E-state index is 7.60. The predicted octanol–water partition coefficient (Wildman–Crippen LogP) is 5.77. The summed E-state index contributed by atoms with van der Waals surface area (Å²) < 4.78 is 7.60. The van der Waals surface area contributed by atoms with E-state index in [0.717, 1.165) is 12.6 Å². The van der Waals surface area contributed by atoms with Crippen molar-refractivity contribution in [1.29, 1.82) is 0 Å². The van der Waals surface area contributed by atoms with Crippen LogP contribution in [0.15, 0.2) is 121 Å². The van der Waals surface area contributed by atoms with Crippen LogP contribution in [-0.4, -0.2) is 6.16 Å². The summed E-state index contributed by atoms with van der Waals surface area (Å²) in [4.78, 5) is 0. The predicted molar refractivity (Wildman–Crippen MR) is 130 cm³/mol. The van der Waals surface area contributed by atoms with Gasteiger partial charge in [0, 0.05) is 0 Å². The van der Waals surface area contributed by atoms with Crippen molar-refractivity contribution in [2.45, 2.75) is 18.9 Å². The van der Waals surface area contributed by atoms with E-state index >= 15 is 0 Å². The maximum atomic E-state index is 7.60. The van der Waals surface area contributed by atoms with Crippen LogP contribution >= 0.6 is 6.83 Å². The van der Waals surface area contributed by atoms with Crippen molar-refractivity contribution in [2.24, 2.45) is 0 Å². The second-order valence-electron chi connectivity index (χ2n) is 8.38. The van der Waals surface area contributed by atoms with E-state index in [0.29, 0.717) is 0 Å². The molecule has 4 aromatic carbocycles. The Hall–Kier alpha value is -2.73. The first kappa shape index (κ1) is 19.2. The molecule has 1 aliphatic rings. The molecule has 0 spiro atoms. The normalized spacial score (nSPS) is 23.3. The molecule has 1 heterocycles. The van der Waals surface area contributed by atoms with Gasteiger partial charge in [0.15, 0.2) is 0 Å². The molecular formula is C28H27OP. The standard InChI is InChI=1S/C28H27OP/c1-28(24-14-6-2-7-15-24)22-23-30(29-28,25-16-8-3-9-17-25,26-18-10-4-11-19-26)27-20-12-5-13-21-27/h2-21H,22-23H2,1H3. The first-order valence-electron chi connectivity index (χ1n) is 10.6. The van der Waals surface area contributed by atoms with Crippen molar-refractivity contribution < 1.29 is 4.52 Å². The fourth-order valence-electron chi connectivity index (χ4n) is 5.17. The zero-order valence-electron chi connectivity index (χ0n) is 17.3. The summed E-state index contributed by atoms with van der Waals surface area (Å²) in [7, 11) is 0. The molecule has 5 rings (SSSR count). The Kier molecular flexibility index (Phi) is 4.62. The van der Waals surface area contributed by atoms with Crippen molar-refractivity contribution in [3.8, 4) is 0 Å². The summed E-state index contributed by atoms with van der Waals surface area (Å²) in [6.07, 6.45) is 1.97. The van der Waals surface area contributed by atoms with Gasteiger partial charge >= 0.3 is 179 Å². The van der Waals surface area contributed by atoms with Crippen LogP contribution in [0.4, 0.5) is 0 Å². The summed E-state index contributed by atoms with van der Waals surface area (Å²) in [5, 5.41) is 3.92. The van der Waals surface area contributed by atoms with Crippen LogP contribution in [0, 0.1) is 0 Å². The molecular weight excluding hydrogens is 383 g/mol. The van der Waals surface area contributed by atoms with E-state index in [4.69, 9.17) is 4.52 Å². The first-order valence-corrected chi connectivity index (χ1v) is 13.0. The molecule has 0 bridgehead atoms. The van der Waals surface area contributed by atoms with Crippen LogP contribution in [-0.2, 0) is 10.1 Å². The third-order valence-corrected chi connectivity index (χ3v) is 12.8. The molecule has 2 heteroatoms. The van der Waals surface area contributed by atoms with E-state index in [9.17, 15) is 0 Å². The molecule has 0 N–H and O–H groups in total. The molecule has 0 radical (unpaired) electrons. The van der Waals surface area contributed by atoms with Crippen LogP contribution in [0.25, 0.3) is 0 Å².